The lowest BCUT2D eigenvalue weighted by molar-refractivity contribution is 0.317. The van der Waals surface area contributed by atoms with Crippen LogP contribution in [0.15, 0.2) is 20.4 Å². The average Bonchev–Trinajstić information content (AvgIpc) is 2.83. The summed E-state index contributed by atoms with van der Waals surface area (Å²) < 4.78 is 6.22. The summed E-state index contributed by atoms with van der Waals surface area (Å²) in [6.07, 6.45) is 0. The molecule has 0 bridgehead atoms. The normalized spacial score (nSPS) is 13.9. The average molecular weight is 316 g/mol. The molecule has 1 atom stereocenters. The van der Waals surface area contributed by atoms with Crippen LogP contribution in [0.4, 0.5) is 0 Å². The maximum Gasteiger partial charge on any atom is 0.232 e. The van der Waals surface area contributed by atoms with Gasteiger partial charge in [-0.25, -0.2) is 0 Å². The van der Waals surface area contributed by atoms with E-state index >= 15 is 0 Å². The minimum atomic E-state index is -0.343. The standard InChI is InChI=1S/C11H14BrN3OS/c1-11(2,3)10-14-9(15-16-10)7(13)8-6(12)4-5-17-8/h4-5,7H,13H2,1-3H3. The van der Waals surface area contributed by atoms with Crippen molar-refractivity contribution < 1.29 is 4.52 Å². The second kappa shape index (κ2) is 4.51. The molecule has 2 rings (SSSR count). The molecule has 17 heavy (non-hydrogen) atoms. The van der Waals surface area contributed by atoms with E-state index in [1.54, 1.807) is 11.3 Å². The molecule has 0 saturated carbocycles. The highest BCUT2D eigenvalue weighted by Crippen LogP contribution is 2.31. The van der Waals surface area contributed by atoms with Crippen LogP contribution in [0, 0.1) is 0 Å². The summed E-state index contributed by atoms with van der Waals surface area (Å²) in [6, 6.07) is 1.62. The number of halogens is 1. The molecule has 6 heteroatoms. The Morgan fingerprint density at radius 2 is 2.18 bits per heavy atom. The van der Waals surface area contributed by atoms with Crippen molar-refractivity contribution in [2.24, 2.45) is 5.73 Å². The molecule has 0 saturated heterocycles. The zero-order chi connectivity index (χ0) is 12.6. The van der Waals surface area contributed by atoms with Crippen molar-refractivity contribution in [1.82, 2.24) is 10.1 Å². The molecule has 0 aromatic carbocycles. The van der Waals surface area contributed by atoms with Gasteiger partial charge in [-0.05, 0) is 27.4 Å². The van der Waals surface area contributed by atoms with E-state index in [0.717, 1.165) is 9.35 Å². The lowest BCUT2D eigenvalue weighted by Crippen LogP contribution is -2.15. The Morgan fingerprint density at radius 1 is 1.47 bits per heavy atom. The van der Waals surface area contributed by atoms with E-state index in [9.17, 15) is 0 Å². The fourth-order valence-corrected chi connectivity index (χ4v) is 2.93. The van der Waals surface area contributed by atoms with Gasteiger partial charge in [-0.15, -0.1) is 11.3 Å². The molecule has 0 fully saturated rings. The highest BCUT2D eigenvalue weighted by Gasteiger charge is 2.25. The lowest BCUT2D eigenvalue weighted by atomic mass is 9.97. The number of hydrogen-bond donors (Lipinski definition) is 1. The molecule has 2 aromatic rings. The quantitative estimate of drug-likeness (QED) is 0.924. The molecule has 0 aliphatic heterocycles. The molecule has 0 spiro atoms. The number of nitrogens with zero attached hydrogens (tertiary/aromatic N) is 2. The maximum atomic E-state index is 6.11. The van der Waals surface area contributed by atoms with E-state index in [2.05, 4.69) is 26.1 Å². The zero-order valence-corrected chi connectivity index (χ0v) is 12.3. The molecule has 2 N–H and O–H groups in total. The van der Waals surface area contributed by atoms with Crippen LogP contribution in [0.25, 0.3) is 0 Å². The smallest absolute Gasteiger partial charge is 0.232 e. The number of rotatable bonds is 2. The molecule has 2 aromatic heterocycles. The van der Waals surface area contributed by atoms with Crippen molar-refractivity contribution in [3.05, 3.63) is 32.5 Å². The summed E-state index contributed by atoms with van der Waals surface area (Å²) in [6.45, 7) is 6.07. The first-order valence-electron chi connectivity index (χ1n) is 5.22. The van der Waals surface area contributed by atoms with Gasteiger partial charge in [0.05, 0.1) is 0 Å². The van der Waals surface area contributed by atoms with Gasteiger partial charge in [-0.2, -0.15) is 4.98 Å². The maximum absolute atomic E-state index is 6.11. The molecule has 2 heterocycles. The second-order valence-electron chi connectivity index (χ2n) is 4.82. The number of nitrogens with two attached hydrogens (primary N) is 1. The van der Waals surface area contributed by atoms with Gasteiger partial charge >= 0.3 is 0 Å². The topological polar surface area (TPSA) is 64.9 Å². The number of hydrogen-bond acceptors (Lipinski definition) is 5. The summed E-state index contributed by atoms with van der Waals surface area (Å²) >= 11 is 5.03. The van der Waals surface area contributed by atoms with Crippen molar-refractivity contribution >= 4 is 27.3 Å². The third-order valence-electron chi connectivity index (χ3n) is 2.29. The van der Waals surface area contributed by atoms with Crippen LogP contribution in [-0.4, -0.2) is 10.1 Å². The Balaban J connectivity index is 2.30. The molecular formula is C11H14BrN3OS. The first-order chi connectivity index (χ1) is 7.89. The van der Waals surface area contributed by atoms with E-state index in [-0.39, 0.29) is 11.5 Å². The molecule has 0 aliphatic carbocycles. The van der Waals surface area contributed by atoms with Gasteiger partial charge in [0.25, 0.3) is 0 Å². The van der Waals surface area contributed by atoms with Crippen LogP contribution in [0.3, 0.4) is 0 Å². The fourth-order valence-electron chi connectivity index (χ4n) is 1.31. The van der Waals surface area contributed by atoms with E-state index < -0.39 is 0 Å². The Bertz CT molecular complexity index is 515. The van der Waals surface area contributed by atoms with E-state index in [0.29, 0.717) is 11.7 Å². The van der Waals surface area contributed by atoms with Gasteiger partial charge in [0.1, 0.15) is 6.04 Å². The van der Waals surface area contributed by atoms with Crippen LogP contribution < -0.4 is 5.73 Å². The monoisotopic (exact) mass is 315 g/mol. The van der Waals surface area contributed by atoms with Crippen molar-refractivity contribution in [2.75, 3.05) is 0 Å². The summed E-state index contributed by atoms with van der Waals surface area (Å²) in [5, 5.41) is 5.93. The van der Waals surface area contributed by atoms with Gasteiger partial charge in [0.15, 0.2) is 5.82 Å². The van der Waals surface area contributed by atoms with Gasteiger partial charge in [0.2, 0.25) is 5.89 Å². The van der Waals surface area contributed by atoms with Crippen molar-refractivity contribution in [3.8, 4) is 0 Å². The highest BCUT2D eigenvalue weighted by atomic mass is 79.9. The minimum absolute atomic E-state index is 0.155. The predicted octanol–water partition coefficient (Wildman–Crippen LogP) is 3.24. The third-order valence-corrected chi connectivity index (χ3v) is 4.24. The first kappa shape index (κ1) is 12.7. The van der Waals surface area contributed by atoms with Crippen molar-refractivity contribution in [2.45, 2.75) is 32.2 Å². The Kier molecular flexibility index (Phi) is 3.38. The van der Waals surface area contributed by atoms with Crippen LogP contribution >= 0.6 is 27.3 Å². The zero-order valence-electron chi connectivity index (χ0n) is 9.90. The Morgan fingerprint density at radius 3 is 2.65 bits per heavy atom. The predicted molar refractivity (Wildman–Crippen MR) is 71.0 cm³/mol. The molecule has 92 valence electrons. The lowest BCUT2D eigenvalue weighted by Gasteiger charge is -2.10. The SMILES string of the molecule is CC(C)(C)c1nc(C(N)c2sccc2Br)no1. The Labute approximate surface area is 112 Å². The summed E-state index contributed by atoms with van der Waals surface area (Å²) in [4.78, 5) is 5.37. The summed E-state index contributed by atoms with van der Waals surface area (Å²) in [5.74, 6) is 1.13. The van der Waals surface area contributed by atoms with Gasteiger partial charge < -0.3 is 10.3 Å². The Hall–Kier alpha value is -0.720. The minimum Gasteiger partial charge on any atom is -0.339 e. The van der Waals surface area contributed by atoms with Crippen LogP contribution in [0.1, 0.15) is 43.4 Å². The number of thiophene rings is 1. The van der Waals surface area contributed by atoms with E-state index in [1.807, 2.05) is 32.2 Å². The number of aromatic nitrogens is 2. The fraction of sp³-hybridized carbons (Fsp3) is 0.455. The summed E-state index contributed by atoms with van der Waals surface area (Å²) in [5.41, 5.74) is 5.96. The molecular weight excluding hydrogens is 302 g/mol. The molecule has 0 radical (unpaired) electrons. The molecule has 0 amide bonds. The summed E-state index contributed by atoms with van der Waals surface area (Å²) in [7, 11) is 0. The van der Waals surface area contributed by atoms with Crippen molar-refractivity contribution in [3.63, 3.8) is 0 Å². The second-order valence-corrected chi connectivity index (χ2v) is 6.62. The largest absolute Gasteiger partial charge is 0.339 e. The van der Waals surface area contributed by atoms with Crippen LogP contribution in [-0.2, 0) is 5.41 Å². The van der Waals surface area contributed by atoms with Crippen LogP contribution in [0.2, 0.25) is 0 Å². The molecule has 0 aliphatic rings. The van der Waals surface area contributed by atoms with Crippen LogP contribution in [0.5, 0.6) is 0 Å². The van der Waals surface area contributed by atoms with Gasteiger partial charge in [-0.1, -0.05) is 25.9 Å². The molecule has 4 nitrogen and oxygen atoms in total. The van der Waals surface area contributed by atoms with Gasteiger partial charge in [-0.3, -0.25) is 0 Å². The highest BCUT2D eigenvalue weighted by molar-refractivity contribution is 9.10. The van der Waals surface area contributed by atoms with E-state index in [4.69, 9.17) is 10.3 Å². The van der Waals surface area contributed by atoms with Crippen molar-refractivity contribution in [1.29, 1.82) is 0 Å². The molecule has 1 unspecified atom stereocenters. The van der Waals surface area contributed by atoms with E-state index in [1.165, 1.54) is 0 Å². The third kappa shape index (κ3) is 2.59. The first-order valence-corrected chi connectivity index (χ1v) is 6.89. The van der Waals surface area contributed by atoms with Gasteiger partial charge in [0, 0.05) is 14.8 Å².